The third-order valence-corrected chi connectivity index (χ3v) is 9.51. The fourth-order valence-corrected chi connectivity index (χ4v) is 7.32. The average molecular weight is 681 g/mol. The number of carbonyl (C=O) groups is 1. The Morgan fingerprint density at radius 3 is 2.73 bits per heavy atom. The lowest BCUT2D eigenvalue weighted by molar-refractivity contribution is -0.127. The summed E-state index contributed by atoms with van der Waals surface area (Å²) in [6.07, 6.45) is 6.93. The van der Waals surface area contributed by atoms with Crippen molar-refractivity contribution < 1.29 is 27.8 Å². The van der Waals surface area contributed by atoms with Crippen molar-refractivity contribution in [1.82, 2.24) is 29.4 Å². The Kier molecular flexibility index (Phi) is 7.92. The van der Waals surface area contributed by atoms with Crippen molar-refractivity contribution in [3.63, 3.8) is 0 Å². The molecule has 0 radical (unpaired) electrons. The zero-order chi connectivity index (χ0) is 33.6. The number of rotatable bonds is 2. The number of hydrogen-bond donors (Lipinski definition) is 0. The highest BCUT2D eigenvalue weighted by Gasteiger charge is 2.29. The molecule has 2 aliphatic heterocycles. The maximum absolute atomic E-state index is 16.2. The van der Waals surface area contributed by atoms with Crippen molar-refractivity contribution in [1.29, 1.82) is 0 Å². The number of nitrogens with zero attached hydrogens (tertiary/aromatic N) is 6. The predicted octanol–water partition coefficient (Wildman–Crippen LogP) is 6.53. The number of benzene rings is 2. The van der Waals surface area contributed by atoms with Crippen LogP contribution in [0.15, 0.2) is 72.8 Å². The third kappa shape index (κ3) is 5.64. The Hall–Kier alpha value is -5.40. The fraction of sp³-hybridized carbons (Fsp3) is 0.222. The maximum atomic E-state index is 16.2. The van der Waals surface area contributed by atoms with Gasteiger partial charge in [0.25, 0.3) is 0 Å². The summed E-state index contributed by atoms with van der Waals surface area (Å²) in [5, 5.41) is 13.1. The SMILES string of the molecule is C=CC(=O)N1CCn2nc(-c3nc4c5ccsc5c3-c3c(F)cc(F)cc3OCCOC/C=C/COc3cc5nn(C)cc5cc3-4)cc2C1. The quantitative estimate of drug-likeness (QED) is 0.152. The lowest BCUT2D eigenvalue weighted by Gasteiger charge is -2.26. The summed E-state index contributed by atoms with van der Waals surface area (Å²) in [6, 6.07) is 9.72. The molecular formula is C36H30F2N6O4S. The van der Waals surface area contributed by atoms with Crippen molar-refractivity contribution in [2.24, 2.45) is 7.05 Å². The highest BCUT2D eigenvalue weighted by molar-refractivity contribution is 7.18. The molecule has 0 spiro atoms. The Bertz CT molecular complexity index is 2310. The van der Waals surface area contributed by atoms with Crippen LogP contribution < -0.4 is 9.47 Å². The molecule has 0 unspecified atom stereocenters. The molecule has 0 aliphatic carbocycles. The number of ether oxygens (including phenoxy) is 3. The van der Waals surface area contributed by atoms with Gasteiger partial charge in [0.05, 0.1) is 48.8 Å². The molecule has 8 rings (SSSR count). The minimum atomic E-state index is -0.796. The van der Waals surface area contributed by atoms with Gasteiger partial charge in [-0.1, -0.05) is 12.7 Å². The van der Waals surface area contributed by atoms with E-state index in [1.807, 2.05) is 59.7 Å². The van der Waals surface area contributed by atoms with E-state index in [0.717, 1.165) is 28.0 Å². The Morgan fingerprint density at radius 2 is 1.86 bits per heavy atom. The van der Waals surface area contributed by atoms with Gasteiger partial charge in [0.1, 0.15) is 47.7 Å². The van der Waals surface area contributed by atoms with Crippen LogP contribution in [0.4, 0.5) is 8.78 Å². The van der Waals surface area contributed by atoms with Crippen molar-refractivity contribution in [3.05, 3.63) is 90.1 Å². The van der Waals surface area contributed by atoms with Crippen LogP contribution in [0.2, 0.25) is 0 Å². The van der Waals surface area contributed by atoms with Gasteiger partial charge < -0.3 is 19.1 Å². The van der Waals surface area contributed by atoms with E-state index >= 15 is 4.39 Å². The van der Waals surface area contributed by atoms with Crippen LogP contribution in [-0.2, 0) is 29.7 Å². The topological polar surface area (TPSA) is 96.5 Å². The highest BCUT2D eigenvalue weighted by Crippen LogP contribution is 2.48. The Labute approximate surface area is 283 Å². The second-order valence-electron chi connectivity index (χ2n) is 11.7. The molecule has 2 aromatic carbocycles. The molecule has 0 saturated heterocycles. The number of aromatic nitrogens is 5. The summed E-state index contributed by atoms with van der Waals surface area (Å²) in [5.41, 5.74) is 4.21. The van der Waals surface area contributed by atoms with Crippen LogP contribution >= 0.6 is 11.3 Å². The molecule has 10 nitrogen and oxygen atoms in total. The number of carbonyl (C=O) groups excluding carboxylic acids is 1. The third-order valence-electron chi connectivity index (χ3n) is 8.58. The normalized spacial score (nSPS) is 15.6. The molecule has 49 heavy (non-hydrogen) atoms. The average Bonchev–Trinajstić information content (AvgIpc) is 3.83. The highest BCUT2D eigenvalue weighted by atomic mass is 32.1. The van der Waals surface area contributed by atoms with E-state index in [4.69, 9.17) is 24.3 Å². The van der Waals surface area contributed by atoms with E-state index in [2.05, 4.69) is 11.7 Å². The summed E-state index contributed by atoms with van der Waals surface area (Å²) >= 11 is 1.41. The van der Waals surface area contributed by atoms with Gasteiger partial charge in [0.2, 0.25) is 5.91 Å². The van der Waals surface area contributed by atoms with Gasteiger partial charge in [-0.3, -0.25) is 14.2 Å². The smallest absolute Gasteiger partial charge is 0.246 e. The minimum Gasteiger partial charge on any atom is -0.490 e. The molecule has 2 bridgehead atoms. The van der Waals surface area contributed by atoms with Gasteiger partial charge in [0.15, 0.2) is 0 Å². The summed E-state index contributed by atoms with van der Waals surface area (Å²) in [5.74, 6) is -1.14. The van der Waals surface area contributed by atoms with Gasteiger partial charge in [0, 0.05) is 64.6 Å². The zero-order valence-corrected chi connectivity index (χ0v) is 27.3. The first-order chi connectivity index (χ1) is 23.9. The number of amides is 1. The van der Waals surface area contributed by atoms with Gasteiger partial charge in [-0.25, -0.2) is 13.8 Å². The number of aryl methyl sites for hydroxylation is 1. The summed E-state index contributed by atoms with van der Waals surface area (Å²) in [6.45, 7) is 5.70. The van der Waals surface area contributed by atoms with Crippen molar-refractivity contribution in [2.75, 3.05) is 33.0 Å². The summed E-state index contributed by atoms with van der Waals surface area (Å²) in [7, 11) is 1.86. The van der Waals surface area contributed by atoms with Gasteiger partial charge in [-0.15, -0.1) is 11.3 Å². The fourth-order valence-electron chi connectivity index (χ4n) is 6.37. The molecule has 1 amide bonds. The summed E-state index contributed by atoms with van der Waals surface area (Å²) in [4.78, 5) is 19.4. The Balaban J connectivity index is 1.43. The largest absolute Gasteiger partial charge is 0.490 e. The maximum Gasteiger partial charge on any atom is 0.246 e. The Morgan fingerprint density at radius 1 is 0.980 bits per heavy atom. The first kappa shape index (κ1) is 30.9. The second kappa shape index (κ2) is 12.6. The molecule has 4 aromatic heterocycles. The molecule has 13 heteroatoms. The van der Waals surface area contributed by atoms with Gasteiger partial charge >= 0.3 is 0 Å². The molecule has 6 heterocycles. The van der Waals surface area contributed by atoms with Crippen LogP contribution in [0.1, 0.15) is 5.69 Å². The lowest BCUT2D eigenvalue weighted by atomic mass is 9.96. The van der Waals surface area contributed by atoms with E-state index in [1.54, 1.807) is 9.58 Å². The van der Waals surface area contributed by atoms with Crippen molar-refractivity contribution in [2.45, 2.75) is 13.1 Å². The van der Waals surface area contributed by atoms with Crippen LogP contribution in [0.5, 0.6) is 11.5 Å². The standard InChI is InChI=1S/C36H30F2N6O4S/c1-3-31(45)43-7-8-44-23(20-43)17-28(41-44)35-33-32-26(38)15-22(37)16-30(32)48-12-11-46-9-4-5-10-47-29-18-27-21(19-42(2)40-27)14-25(29)34(39-35)24-6-13-49-36(24)33/h3-6,13-19H,1,7-12,20H2,2H3/b5-4+. The number of hydrogen-bond acceptors (Lipinski definition) is 8. The van der Waals surface area contributed by atoms with Crippen LogP contribution in [0, 0.1) is 11.6 Å². The van der Waals surface area contributed by atoms with E-state index < -0.39 is 11.6 Å². The van der Waals surface area contributed by atoms with Crippen molar-refractivity contribution >= 4 is 38.2 Å². The first-order valence-electron chi connectivity index (χ1n) is 15.7. The number of halogens is 2. The van der Waals surface area contributed by atoms with E-state index in [9.17, 15) is 9.18 Å². The van der Waals surface area contributed by atoms with Gasteiger partial charge in [-0.2, -0.15) is 10.2 Å². The summed E-state index contributed by atoms with van der Waals surface area (Å²) < 4.78 is 53.3. The monoisotopic (exact) mass is 680 g/mol. The number of pyridine rings is 1. The van der Waals surface area contributed by atoms with Crippen LogP contribution in [0.3, 0.4) is 0 Å². The molecule has 0 N–H and O–H groups in total. The molecule has 6 aromatic rings. The molecule has 0 fully saturated rings. The molecular weight excluding hydrogens is 650 g/mol. The molecule has 0 atom stereocenters. The van der Waals surface area contributed by atoms with E-state index in [0.29, 0.717) is 64.9 Å². The van der Waals surface area contributed by atoms with E-state index in [1.165, 1.54) is 23.5 Å². The number of fused-ring (bicyclic) bond motifs is 6. The second-order valence-corrected chi connectivity index (χ2v) is 12.6. The zero-order valence-electron chi connectivity index (χ0n) is 26.5. The number of thiophene rings is 1. The van der Waals surface area contributed by atoms with Crippen LogP contribution in [0.25, 0.3) is 54.8 Å². The molecule has 248 valence electrons. The van der Waals surface area contributed by atoms with Crippen molar-refractivity contribution in [3.8, 4) is 45.3 Å². The molecule has 0 saturated carbocycles. The minimum absolute atomic E-state index is 0.0268. The predicted molar refractivity (Wildman–Crippen MR) is 182 cm³/mol. The van der Waals surface area contributed by atoms with Crippen LogP contribution in [-0.4, -0.2) is 68.3 Å². The van der Waals surface area contributed by atoms with Gasteiger partial charge in [-0.05, 0) is 35.7 Å². The van der Waals surface area contributed by atoms with E-state index in [-0.39, 0.29) is 37.0 Å². The lowest BCUT2D eigenvalue weighted by Crippen LogP contribution is -2.37. The first-order valence-corrected chi connectivity index (χ1v) is 16.6. The molecule has 2 aliphatic rings.